The number of hydrogen-bond acceptors (Lipinski definition) is 3. The molecule has 0 bridgehead atoms. The molecule has 1 N–H and O–H groups in total. The Morgan fingerprint density at radius 2 is 2.16 bits per heavy atom. The number of carbonyl (C=O) groups excluding carboxylic acids is 1. The molecule has 1 amide bonds. The lowest BCUT2D eigenvalue weighted by molar-refractivity contribution is 0.0959. The second-order valence-electron chi connectivity index (χ2n) is 4.56. The van der Waals surface area contributed by atoms with E-state index in [1.807, 2.05) is 17.5 Å². The Labute approximate surface area is 116 Å². The van der Waals surface area contributed by atoms with Crippen LogP contribution in [-0.2, 0) is 12.8 Å². The van der Waals surface area contributed by atoms with Crippen LogP contribution >= 0.6 is 11.3 Å². The number of carbonyl (C=O) groups is 1. The molecule has 1 heterocycles. The number of nitrogens with zero attached hydrogens (tertiary/aromatic N) is 1. The fraction of sp³-hybridized carbons (Fsp3) is 0.200. The van der Waals surface area contributed by atoms with Crippen molar-refractivity contribution in [2.75, 3.05) is 0 Å². The zero-order valence-electron chi connectivity index (χ0n) is 10.4. The molecule has 0 fully saturated rings. The van der Waals surface area contributed by atoms with Gasteiger partial charge in [0.05, 0.1) is 11.1 Å². The first-order valence-corrected chi connectivity index (χ1v) is 7.19. The fourth-order valence-corrected chi connectivity index (χ4v) is 2.91. The number of benzene rings is 1. The lowest BCUT2D eigenvalue weighted by atomic mass is 10.1. The molecule has 2 aromatic rings. The average Bonchev–Trinajstić information content (AvgIpc) is 3.09. The second kappa shape index (κ2) is 5.36. The summed E-state index contributed by atoms with van der Waals surface area (Å²) in [6, 6.07) is 9.99. The standard InChI is InChI=1S/C15H14N2OS/c18-15(14-5-2-8-19-14)17-16-10-11-6-7-12-3-1-4-13(12)9-11/h2,5-10H,1,3-4H2,(H,17,18). The molecule has 0 spiro atoms. The number of nitrogens with one attached hydrogen (secondary N) is 1. The van der Waals surface area contributed by atoms with E-state index in [0.29, 0.717) is 4.88 Å². The molecular weight excluding hydrogens is 256 g/mol. The maximum Gasteiger partial charge on any atom is 0.281 e. The van der Waals surface area contributed by atoms with Gasteiger partial charge in [0, 0.05) is 0 Å². The van der Waals surface area contributed by atoms with E-state index in [1.165, 1.54) is 35.3 Å². The minimum atomic E-state index is -0.160. The van der Waals surface area contributed by atoms with Crippen LogP contribution in [0.15, 0.2) is 40.8 Å². The van der Waals surface area contributed by atoms with Crippen molar-refractivity contribution in [3.05, 3.63) is 57.3 Å². The van der Waals surface area contributed by atoms with Crippen LogP contribution in [0.3, 0.4) is 0 Å². The van der Waals surface area contributed by atoms with Crippen LogP contribution < -0.4 is 5.43 Å². The Balaban J connectivity index is 1.65. The number of amides is 1. The molecule has 0 radical (unpaired) electrons. The van der Waals surface area contributed by atoms with Crippen molar-refractivity contribution in [3.8, 4) is 0 Å². The Morgan fingerprint density at radius 3 is 3.00 bits per heavy atom. The summed E-state index contributed by atoms with van der Waals surface area (Å²) in [5.74, 6) is -0.160. The lowest BCUT2D eigenvalue weighted by Crippen LogP contribution is -2.16. The number of hydrazone groups is 1. The van der Waals surface area contributed by atoms with E-state index in [0.717, 1.165) is 12.0 Å². The molecule has 0 unspecified atom stereocenters. The lowest BCUT2D eigenvalue weighted by Gasteiger charge is -2.00. The third kappa shape index (κ3) is 2.74. The number of hydrogen-bond donors (Lipinski definition) is 1. The van der Waals surface area contributed by atoms with Crippen LogP contribution in [0.5, 0.6) is 0 Å². The Hall–Kier alpha value is -1.94. The van der Waals surface area contributed by atoms with Gasteiger partial charge in [-0.1, -0.05) is 18.2 Å². The largest absolute Gasteiger partial charge is 0.281 e. The summed E-state index contributed by atoms with van der Waals surface area (Å²) in [4.78, 5) is 12.3. The number of thiophene rings is 1. The molecule has 0 saturated heterocycles. The van der Waals surface area contributed by atoms with E-state index in [4.69, 9.17) is 0 Å². The zero-order valence-corrected chi connectivity index (χ0v) is 11.2. The predicted molar refractivity (Wildman–Crippen MR) is 77.8 cm³/mol. The maximum absolute atomic E-state index is 11.7. The minimum Gasteiger partial charge on any atom is -0.266 e. The zero-order chi connectivity index (χ0) is 13.1. The first-order chi connectivity index (χ1) is 9.33. The smallest absolute Gasteiger partial charge is 0.266 e. The summed E-state index contributed by atoms with van der Waals surface area (Å²) in [6.07, 6.45) is 5.27. The molecule has 1 aliphatic carbocycles. The van der Waals surface area contributed by atoms with Gasteiger partial charge in [0.25, 0.3) is 5.91 Å². The minimum absolute atomic E-state index is 0.160. The van der Waals surface area contributed by atoms with Crippen LogP contribution in [0, 0.1) is 0 Å². The molecule has 1 aromatic carbocycles. The fourth-order valence-electron chi connectivity index (χ4n) is 2.30. The highest BCUT2D eigenvalue weighted by Crippen LogP contribution is 2.22. The molecule has 0 saturated carbocycles. The van der Waals surface area contributed by atoms with Gasteiger partial charge in [-0.3, -0.25) is 4.79 Å². The van der Waals surface area contributed by atoms with Gasteiger partial charge in [-0.15, -0.1) is 11.3 Å². The summed E-state index contributed by atoms with van der Waals surface area (Å²) in [5, 5.41) is 5.88. The molecule has 96 valence electrons. The monoisotopic (exact) mass is 270 g/mol. The SMILES string of the molecule is O=C(NN=Cc1ccc2c(c1)CCC2)c1cccs1. The second-order valence-corrected chi connectivity index (χ2v) is 5.51. The van der Waals surface area contributed by atoms with Crippen LogP contribution in [-0.4, -0.2) is 12.1 Å². The van der Waals surface area contributed by atoms with E-state index < -0.39 is 0 Å². The molecule has 4 heteroatoms. The topological polar surface area (TPSA) is 41.5 Å². The van der Waals surface area contributed by atoms with Crippen LogP contribution in [0.2, 0.25) is 0 Å². The van der Waals surface area contributed by atoms with E-state index in [9.17, 15) is 4.79 Å². The maximum atomic E-state index is 11.7. The Bertz CT molecular complexity index is 617. The van der Waals surface area contributed by atoms with Crippen molar-refractivity contribution < 1.29 is 4.79 Å². The highest BCUT2D eigenvalue weighted by atomic mass is 32.1. The van der Waals surface area contributed by atoms with Crippen LogP contribution in [0.25, 0.3) is 0 Å². The summed E-state index contributed by atoms with van der Waals surface area (Å²) in [6.45, 7) is 0. The van der Waals surface area contributed by atoms with Gasteiger partial charge < -0.3 is 0 Å². The third-order valence-corrected chi connectivity index (χ3v) is 4.12. The van der Waals surface area contributed by atoms with Crippen LogP contribution in [0.1, 0.15) is 32.8 Å². The van der Waals surface area contributed by atoms with Gasteiger partial charge in [-0.2, -0.15) is 5.10 Å². The van der Waals surface area contributed by atoms with Crippen molar-refractivity contribution in [1.29, 1.82) is 0 Å². The first kappa shape index (κ1) is 12.1. The van der Waals surface area contributed by atoms with E-state index >= 15 is 0 Å². The third-order valence-electron chi connectivity index (χ3n) is 3.25. The predicted octanol–water partition coefficient (Wildman–Crippen LogP) is 3.00. The summed E-state index contributed by atoms with van der Waals surface area (Å²) in [7, 11) is 0. The summed E-state index contributed by atoms with van der Waals surface area (Å²) >= 11 is 1.41. The highest BCUT2D eigenvalue weighted by Gasteiger charge is 2.10. The van der Waals surface area contributed by atoms with E-state index in [-0.39, 0.29) is 5.91 Å². The molecule has 3 nitrogen and oxygen atoms in total. The molecule has 3 rings (SSSR count). The Kier molecular flexibility index (Phi) is 3.42. The van der Waals surface area contributed by atoms with E-state index in [2.05, 4.69) is 22.7 Å². The number of rotatable bonds is 3. The molecule has 0 atom stereocenters. The first-order valence-electron chi connectivity index (χ1n) is 6.31. The summed E-state index contributed by atoms with van der Waals surface area (Å²) < 4.78 is 0. The van der Waals surface area contributed by atoms with Gasteiger partial charge in [-0.25, -0.2) is 5.43 Å². The van der Waals surface area contributed by atoms with Crippen molar-refractivity contribution in [3.63, 3.8) is 0 Å². The van der Waals surface area contributed by atoms with Crippen molar-refractivity contribution in [2.45, 2.75) is 19.3 Å². The van der Waals surface area contributed by atoms with Crippen molar-refractivity contribution in [1.82, 2.24) is 5.43 Å². The van der Waals surface area contributed by atoms with Gasteiger partial charge in [-0.05, 0) is 53.5 Å². The normalized spacial score (nSPS) is 13.7. The van der Waals surface area contributed by atoms with E-state index in [1.54, 1.807) is 12.3 Å². The highest BCUT2D eigenvalue weighted by molar-refractivity contribution is 7.12. The van der Waals surface area contributed by atoms with Crippen molar-refractivity contribution in [2.24, 2.45) is 5.10 Å². The summed E-state index contributed by atoms with van der Waals surface area (Å²) in [5.41, 5.74) is 6.43. The molecule has 1 aromatic heterocycles. The molecule has 19 heavy (non-hydrogen) atoms. The Morgan fingerprint density at radius 1 is 1.26 bits per heavy atom. The number of fused-ring (bicyclic) bond motifs is 1. The van der Waals surface area contributed by atoms with Gasteiger partial charge >= 0.3 is 0 Å². The van der Waals surface area contributed by atoms with Crippen molar-refractivity contribution >= 4 is 23.5 Å². The molecule has 0 aliphatic heterocycles. The molecular formula is C15H14N2OS. The average molecular weight is 270 g/mol. The quantitative estimate of drug-likeness (QED) is 0.676. The number of aryl methyl sites for hydroxylation is 2. The van der Waals surface area contributed by atoms with Gasteiger partial charge in [0.1, 0.15) is 0 Å². The van der Waals surface area contributed by atoms with Gasteiger partial charge in [0.15, 0.2) is 0 Å². The molecule has 1 aliphatic rings. The van der Waals surface area contributed by atoms with Crippen LogP contribution in [0.4, 0.5) is 0 Å². The van der Waals surface area contributed by atoms with Gasteiger partial charge in [0.2, 0.25) is 0 Å².